The summed E-state index contributed by atoms with van der Waals surface area (Å²) in [5.74, 6) is 0. The van der Waals surface area contributed by atoms with Gasteiger partial charge in [-0.15, -0.1) is 11.3 Å². The van der Waals surface area contributed by atoms with E-state index in [4.69, 9.17) is 0 Å². The van der Waals surface area contributed by atoms with Crippen molar-refractivity contribution in [2.75, 3.05) is 6.61 Å². The first kappa shape index (κ1) is 11.0. The van der Waals surface area contributed by atoms with Crippen LogP contribution >= 0.6 is 11.3 Å². The lowest BCUT2D eigenvalue weighted by molar-refractivity contribution is 0.230. The van der Waals surface area contributed by atoms with E-state index >= 15 is 0 Å². The van der Waals surface area contributed by atoms with E-state index in [1.165, 1.54) is 25.7 Å². The van der Waals surface area contributed by atoms with E-state index in [9.17, 15) is 5.11 Å². The van der Waals surface area contributed by atoms with Crippen LogP contribution in [0.2, 0.25) is 0 Å². The van der Waals surface area contributed by atoms with Crippen LogP contribution in [0.3, 0.4) is 0 Å². The Balaban J connectivity index is 1.97. The van der Waals surface area contributed by atoms with E-state index in [0.29, 0.717) is 6.04 Å². The van der Waals surface area contributed by atoms with Crippen molar-refractivity contribution < 1.29 is 5.11 Å². The summed E-state index contributed by atoms with van der Waals surface area (Å²) >= 11 is 1.64. The van der Waals surface area contributed by atoms with Gasteiger partial charge in [-0.3, -0.25) is 0 Å². The maximum atomic E-state index is 9.35. The van der Waals surface area contributed by atoms with Crippen LogP contribution in [0.5, 0.6) is 0 Å². The van der Waals surface area contributed by atoms with Gasteiger partial charge in [0.15, 0.2) is 0 Å². The van der Waals surface area contributed by atoms with Gasteiger partial charge in [-0.1, -0.05) is 12.8 Å². The second kappa shape index (κ2) is 5.05. The fourth-order valence-electron chi connectivity index (χ4n) is 2.15. The van der Waals surface area contributed by atoms with E-state index in [2.05, 4.69) is 10.3 Å². The highest BCUT2D eigenvalue weighted by molar-refractivity contribution is 7.09. The molecule has 1 aliphatic carbocycles. The quantitative estimate of drug-likeness (QED) is 0.825. The van der Waals surface area contributed by atoms with E-state index in [1.54, 1.807) is 11.3 Å². The maximum absolute atomic E-state index is 9.35. The summed E-state index contributed by atoms with van der Waals surface area (Å²) in [6, 6.07) is 0.599. The molecule has 1 aromatic heterocycles. The van der Waals surface area contributed by atoms with Crippen molar-refractivity contribution in [2.24, 2.45) is 0 Å². The first-order valence-electron chi connectivity index (χ1n) is 5.58. The van der Waals surface area contributed by atoms with E-state index in [0.717, 1.165) is 10.7 Å². The SMILES string of the molecule is Cc1nc(C(CO)NC2CCCC2)cs1. The largest absolute Gasteiger partial charge is 0.394 e. The Hall–Kier alpha value is -0.450. The number of thiazole rings is 1. The second-order valence-corrected chi connectivity index (χ2v) is 5.24. The van der Waals surface area contributed by atoms with Crippen LogP contribution in [-0.2, 0) is 0 Å². The van der Waals surface area contributed by atoms with Crippen molar-refractivity contribution in [2.45, 2.75) is 44.7 Å². The van der Waals surface area contributed by atoms with Crippen LogP contribution in [0, 0.1) is 6.92 Å². The molecule has 3 nitrogen and oxygen atoms in total. The Morgan fingerprint density at radius 2 is 2.33 bits per heavy atom. The average molecular weight is 226 g/mol. The summed E-state index contributed by atoms with van der Waals surface area (Å²) in [6.45, 7) is 2.14. The van der Waals surface area contributed by atoms with E-state index in [-0.39, 0.29) is 12.6 Å². The molecule has 1 heterocycles. The van der Waals surface area contributed by atoms with Crippen molar-refractivity contribution >= 4 is 11.3 Å². The zero-order valence-corrected chi connectivity index (χ0v) is 9.89. The smallest absolute Gasteiger partial charge is 0.0898 e. The predicted octanol–water partition coefficient (Wildman–Crippen LogP) is 2.02. The van der Waals surface area contributed by atoms with Crippen LogP contribution in [-0.4, -0.2) is 22.7 Å². The van der Waals surface area contributed by atoms with Gasteiger partial charge >= 0.3 is 0 Å². The lowest BCUT2D eigenvalue weighted by atomic mass is 10.2. The molecule has 2 N–H and O–H groups in total. The number of aryl methyl sites for hydroxylation is 1. The van der Waals surface area contributed by atoms with Crippen LogP contribution in [0.15, 0.2) is 5.38 Å². The molecule has 0 aromatic carbocycles. The molecule has 2 rings (SSSR count). The van der Waals surface area contributed by atoms with Gasteiger partial charge in [-0.25, -0.2) is 4.98 Å². The van der Waals surface area contributed by atoms with Gasteiger partial charge in [-0.2, -0.15) is 0 Å². The molecule has 0 amide bonds. The minimum absolute atomic E-state index is 0.0260. The van der Waals surface area contributed by atoms with Gasteiger partial charge < -0.3 is 10.4 Å². The molecule has 1 aliphatic rings. The highest BCUT2D eigenvalue weighted by atomic mass is 32.1. The van der Waals surface area contributed by atoms with Gasteiger partial charge in [0.2, 0.25) is 0 Å². The highest BCUT2D eigenvalue weighted by Crippen LogP contribution is 2.22. The molecule has 1 fully saturated rings. The van der Waals surface area contributed by atoms with Crippen molar-refractivity contribution in [1.29, 1.82) is 0 Å². The molecule has 0 bridgehead atoms. The van der Waals surface area contributed by atoms with Gasteiger partial charge in [0.05, 0.1) is 23.4 Å². The topological polar surface area (TPSA) is 45.2 Å². The van der Waals surface area contributed by atoms with Gasteiger partial charge in [0.1, 0.15) is 0 Å². The molecule has 0 saturated heterocycles. The van der Waals surface area contributed by atoms with Crippen molar-refractivity contribution in [1.82, 2.24) is 10.3 Å². The number of hydrogen-bond acceptors (Lipinski definition) is 4. The number of aliphatic hydroxyl groups excluding tert-OH is 1. The van der Waals surface area contributed by atoms with Gasteiger partial charge in [0, 0.05) is 11.4 Å². The number of rotatable bonds is 4. The third-order valence-electron chi connectivity index (χ3n) is 2.97. The van der Waals surface area contributed by atoms with Crippen molar-refractivity contribution in [3.63, 3.8) is 0 Å². The zero-order valence-electron chi connectivity index (χ0n) is 9.07. The average Bonchev–Trinajstić information content (AvgIpc) is 2.85. The predicted molar refractivity (Wildman–Crippen MR) is 62.1 cm³/mol. The Labute approximate surface area is 94.5 Å². The normalized spacial score (nSPS) is 19.6. The van der Waals surface area contributed by atoms with Crippen LogP contribution in [0.1, 0.15) is 42.4 Å². The molecule has 1 unspecified atom stereocenters. The fourth-order valence-corrected chi connectivity index (χ4v) is 2.82. The molecule has 0 spiro atoms. The Kier molecular flexibility index (Phi) is 3.72. The third-order valence-corrected chi connectivity index (χ3v) is 3.76. The summed E-state index contributed by atoms with van der Waals surface area (Å²) in [7, 11) is 0. The lowest BCUT2D eigenvalue weighted by Crippen LogP contribution is -2.32. The molecule has 1 aromatic rings. The molecular formula is C11H18N2OS. The Bertz CT molecular complexity index is 307. The summed E-state index contributed by atoms with van der Waals surface area (Å²) < 4.78 is 0. The molecule has 0 radical (unpaired) electrons. The molecule has 0 aliphatic heterocycles. The number of hydrogen-bond donors (Lipinski definition) is 2. The molecule has 15 heavy (non-hydrogen) atoms. The lowest BCUT2D eigenvalue weighted by Gasteiger charge is -2.19. The first-order chi connectivity index (χ1) is 7.29. The summed E-state index contributed by atoms with van der Waals surface area (Å²) in [4.78, 5) is 4.42. The Morgan fingerprint density at radius 3 is 2.87 bits per heavy atom. The fraction of sp³-hybridized carbons (Fsp3) is 0.727. The summed E-state index contributed by atoms with van der Waals surface area (Å²) in [5, 5.41) is 15.9. The summed E-state index contributed by atoms with van der Waals surface area (Å²) in [5.41, 5.74) is 0.993. The molecule has 1 atom stereocenters. The van der Waals surface area contributed by atoms with Crippen LogP contribution < -0.4 is 5.32 Å². The minimum atomic E-state index is 0.0260. The zero-order chi connectivity index (χ0) is 10.7. The number of nitrogens with zero attached hydrogens (tertiary/aromatic N) is 1. The second-order valence-electron chi connectivity index (χ2n) is 4.17. The molecular weight excluding hydrogens is 208 g/mol. The Morgan fingerprint density at radius 1 is 1.60 bits per heavy atom. The van der Waals surface area contributed by atoms with Gasteiger partial charge in [-0.05, 0) is 19.8 Å². The van der Waals surface area contributed by atoms with Gasteiger partial charge in [0.25, 0.3) is 0 Å². The maximum Gasteiger partial charge on any atom is 0.0898 e. The number of nitrogens with one attached hydrogen (secondary N) is 1. The van der Waals surface area contributed by atoms with E-state index < -0.39 is 0 Å². The monoisotopic (exact) mass is 226 g/mol. The molecule has 4 heteroatoms. The standard InChI is InChI=1S/C11H18N2OS/c1-8-12-11(7-15-8)10(6-14)13-9-4-2-3-5-9/h7,9-10,13-14H,2-6H2,1H3. The summed E-state index contributed by atoms with van der Waals surface area (Å²) in [6.07, 6.45) is 5.09. The highest BCUT2D eigenvalue weighted by Gasteiger charge is 2.20. The molecule has 1 saturated carbocycles. The first-order valence-corrected chi connectivity index (χ1v) is 6.46. The van der Waals surface area contributed by atoms with Crippen LogP contribution in [0.25, 0.3) is 0 Å². The van der Waals surface area contributed by atoms with E-state index in [1.807, 2.05) is 12.3 Å². The third kappa shape index (κ3) is 2.77. The van der Waals surface area contributed by atoms with Crippen molar-refractivity contribution in [3.05, 3.63) is 16.1 Å². The number of aromatic nitrogens is 1. The van der Waals surface area contributed by atoms with Crippen molar-refractivity contribution in [3.8, 4) is 0 Å². The number of aliphatic hydroxyl groups is 1. The minimum Gasteiger partial charge on any atom is -0.394 e. The molecule has 84 valence electrons. The van der Waals surface area contributed by atoms with Crippen LogP contribution in [0.4, 0.5) is 0 Å².